The van der Waals surface area contributed by atoms with Crippen molar-refractivity contribution in [1.29, 1.82) is 0 Å². The molecule has 0 heterocycles. The van der Waals surface area contributed by atoms with Gasteiger partial charge in [0.2, 0.25) is 5.91 Å². The highest BCUT2D eigenvalue weighted by atomic mass is 35.5. The van der Waals surface area contributed by atoms with Gasteiger partial charge in [0.15, 0.2) is 0 Å². The van der Waals surface area contributed by atoms with E-state index in [1.807, 2.05) is 13.8 Å². The van der Waals surface area contributed by atoms with Crippen LogP contribution in [0.4, 0.5) is 0 Å². The van der Waals surface area contributed by atoms with Crippen LogP contribution in [0.15, 0.2) is 0 Å². The maximum Gasteiger partial charge on any atom is 0.305 e. The first-order chi connectivity index (χ1) is 7.99. The van der Waals surface area contributed by atoms with Crippen molar-refractivity contribution >= 4 is 24.3 Å². The Kier molecular flexibility index (Phi) is 12.2. The summed E-state index contributed by atoms with van der Waals surface area (Å²) < 4.78 is 4.53. The first-order valence-corrected chi connectivity index (χ1v) is 6.09. The van der Waals surface area contributed by atoms with Gasteiger partial charge in [0.1, 0.15) is 0 Å². The second-order valence-electron chi connectivity index (χ2n) is 4.45. The molecular formula is C12H25ClN2O3. The Balaban J connectivity index is 0. The molecule has 0 radical (unpaired) electrons. The number of unbranched alkanes of at least 4 members (excludes halogenated alkanes) is 2. The molecule has 5 nitrogen and oxygen atoms in total. The zero-order valence-corrected chi connectivity index (χ0v) is 12.2. The fourth-order valence-electron chi connectivity index (χ4n) is 1.31. The quantitative estimate of drug-likeness (QED) is 0.518. The van der Waals surface area contributed by atoms with E-state index in [1.54, 1.807) is 0 Å². The minimum Gasteiger partial charge on any atom is -0.469 e. The van der Waals surface area contributed by atoms with Gasteiger partial charge in [-0.15, -0.1) is 12.4 Å². The average Bonchev–Trinajstić information content (AvgIpc) is 2.31. The van der Waals surface area contributed by atoms with Crippen LogP contribution >= 0.6 is 12.4 Å². The molecule has 3 N–H and O–H groups in total. The van der Waals surface area contributed by atoms with Gasteiger partial charge in [-0.1, -0.05) is 20.3 Å². The number of ether oxygens (including phenoxy) is 1. The molecule has 1 amide bonds. The molecule has 18 heavy (non-hydrogen) atoms. The average molecular weight is 281 g/mol. The molecule has 0 bridgehead atoms. The van der Waals surface area contributed by atoms with E-state index in [1.165, 1.54) is 7.11 Å². The molecule has 0 aliphatic heterocycles. The molecular weight excluding hydrogens is 256 g/mol. The van der Waals surface area contributed by atoms with Crippen molar-refractivity contribution in [3.8, 4) is 0 Å². The number of halogens is 1. The van der Waals surface area contributed by atoms with Crippen LogP contribution in [0, 0.1) is 5.92 Å². The van der Waals surface area contributed by atoms with Crippen molar-refractivity contribution in [2.24, 2.45) is 11.7 Å². The Hall–Kier alpha value is -0.810. The molecule has 0 saturated carbocycles. The second kappa shape index (κ2) is 11.3. The molecule has 0 aliphatic rings. The van der Waals surface area contributed by atoms with Crippen molar-refractivity contribution in [2.45, 2.75) is 45.6 Å². The summed E-state index contributed by atoms with van der Waals surface area (Å²) in [5.41, 5.74) is 5.69. The summed E-state index contributed by atoms with van der Waals surface area (Å²) in [4.78, 5) is 22.3. The molecule has 0 aromatic carbocycles. The first kappa shape index (κ1) is 19.5. The molecule has 0 aromatic rings. The number of carbonyl (C=O) groups excluding carboxylic acids is 2. The summed E-state index contributed by atoms with van der Waals surface area (Å²) in [7, 11) is 1.38. The van der Waals surface area contributed by atoms with Crippen molar-refractivity contribution in [1.82, 2.24) is 5.32 Å². The molecule has 0 aromatic heterocycles. The third kappa shape index (κ3) is 9.24. The SMILES string of the molecule is COC(=O)CCCCCNC(=O)[C@@H](N)C(C)C.Cl. The zero-order chi connectivity index (χ0) is 13.3. The van der Waals surface area contributed by atoms with Crippen molar-refractivity contribution in [2.75, 3.05) is 13.7 Å². The van der Waals surface area contributed by atoms with Crippen LogP contribution in [-0.4, -0.2) is 31.6 Å². The standard InChI is InChI=1S/C12H24N2O3.ClH/c1-9(2)11(13)12(16)14-8-6-4-5-7-10(15)17-3;/h9,11H,4-8,13H2,1-3H3,(H,14,16);1H/t11-;/m0./s1. The van der Waals surface area contributed by atoms with E-state index in [9.17, 15) is 9.59 Å². The minimum atomic E-state index is -0.440. The number of amides is 1. The highest BCUT2D eigenvalue weighted by Crippen LogP contribution is 2.01. The lowest BCUT2D eigenvalue weighted by Gasteiger charge is -2.15. The Morgan fingerprint density at radius 1 is 1.22 bits per heavy atom. The van der Waals surface area contributed by atoms with E-state index < -0.39 is 6.04 Å². The third-order valence-corrected chi connectivity index (χ3v) is 2.61. The fraction of sp³-hybridized carbons (Fsp3) is 0.833. The number of carbonyl (C=O) groups is 2. The lowest BCUT2D eigenvalue weighted by molar-refractivity contribution is -0.140. The molecule has 1 atom stereocenters. The predicted octanol–water partition coefficient (Wildman–Crippen LogP) is 1.24. The van der Waals surface area contributed by atoms with E-state index >= 15 is 0 Å². The second-order valence-corrected chi connectivity index (χ2v) is 4.45. The molecule has 0 saturated heterocycles. The summed E-state index contributed by atoms with van der Waals surface area (Å²) in [5, 5.41) is 2.79. The molecule has 108 valence electrons. The first-order valence-electron chi connectivity index (χ1n) is 6.09. The summed E-state index contributed by atoms with van der Waals surface area (Å²) in [6.45, 7) is 4.45. The van der Waals surface area contributed by atoms with E-state index in [0.717, 1.165) is 19.3 Å². The monoisotopic (exact) mass is 280 g/mol. The zero-order valence-electron chi connectivity index (χ0n) is 11.4. The highest BCUT2D eigenvalue weighted by molar-refractivity contribution is 5.85. The maximum absolute atomic E-state index is 11.5. The summed E-state index contributed by atoms with van der Waals surface area (Å²) >= 11 is 0. The van der Waals surface area contributed by atoms with Gasteiger partial charge in [-0.2, -0.15) is 0 Å². The topological polar surface area (TPSA) is 81.4 Å². The number of hydrogen-bond donors (Lipinski definition) is 2. The summed E-state index contributed by atoms with van der Waals surface area (Å²) in [5.74, 6) is -0.141. The number of methoxy groups -OCH3 is 1. The van der Waals surface area contributed by atoms with E-state index in [-0.39, 0.29) is 30.2 Å². The lowest BCUT2D eigenvalue weighted by atomic mass is 10.1. The van der Waals surface area contributed by atoms with Crippen LogP contribution in [0.2, 0.25) is 0 Å². The normalized spacial score (nSPS) is 11.6. The van der Waals surface area contributed by atoms with Crippen molar-refractivity contribution < 1.29 is 14.3 Å². The summed E-state index contributed by atoms with van der Waals surface area (Å²) in [6, 6.07) is -0.440. The van der Waals surface area contributed by atoms with Crippen molar-refractivity contribution in [3.05, 3.63) is 0 Å². The Morgan fingerprint density at radius 3 is 2.33 bits per heavy atom. The third-order valence-electron chi connectivity index (χ3n) is 2.61. The van der Waals surface area contributed by atoms with Crippen LogP contribution in [0.1, 0.15) is 39.5 Å². The molecule has 0 spiro atoms. The highest BCUT2D eigenvalue weighted by Gasteiger charge is 2.15. The van der Waals surface area contributed by atoms with E-state index in [0.29, 0.717) is 13.0 Å². The van der Waals surface area contributed by atoms with Gasteiger partial charge in [-0.3, -0.25) is 9.59 Å². The number of esters is 1. The van der Waals surface area contributed by atoms with E-state index in [4.69, 9.17) is 5.73 Å². The van der Waals surface area contributed by atoms with Gasteiger partial charge in [0.05, 0.1) is 13.2 Å². The molecule has 6 heteroatoms. The van der Waals surface area contributed by atoms with Gasteiger partial charge in [0, 0.05) is 13.0 Å². The summed E-state index contributed by atoms with van der Waals surface area (Å²) in [6.07, 6.45) is 2.98. The Labute approximate surface area is 115 Å². The fourth-order valence-corrected chi connectivity index (χ4v) is 1.31. The van der Waals surface area contributed by atoms with Crippen molar-refractivity contribution in [3.63, 3.8) is 0 Å². The number of rotatable bonds is 8. The maximum atomic E-state index is 11.5. The Morgan fingerprint density at radius 2 is 1.83 bits per heavy atom. The van der Waals surface area contributed by atoms with Gasteiger partial charge < -0.3 is 15.8 Å². The predicted molar refractivity (Wildman–Crippen MR) is 73.6 cm³/mol. The number of nitrogens with two attached hydrogens (primary N) is 1. The van der Waals surface area contributed by atoms with Crippen LogP contribution in [0.25, 0.3) is 0 Å². The molecule has 0 unspecified atom stereocenters. The van der Waals surface area contributed by atoms with Crippen LogP contribution in [0.3, 0.4) is 0 Å². The molecule has 0 rings (SSSR count). The molecule has 0 fully saturated rings. The van der Waals surface area contributed by atoms with E-state index in [2.05, 4.69) is 10.1 Å². The van der Waals surface area contributed by atoms with Gasteiger partial charge >= 0.3 is 5.97 Å². The van der Waals surface area contributed by atoms with Crippen LogP contribution in [-0.2, 0) is 14.3 Å². The minimum absolute atomic E-state index is 0. The van der Waals surface area contributed by atoms with Crippen LogP contribution in [0.5, 0.6) is 0 Å². The molecule has 0 aliphatic carbocycles. The van der Waals surface area contributed by atoms with Gasteiger partial charge in [0.25, 0.3) is 0 Å². The Bertz CT molecular complexity index is 247. The van der Waals surface area contributed by atoms with Gasteiger partial charge in [-0.05, 0) is 18.8 Å². The largest absolute Gasteiger partial charge is 0.469 e. The van der Waals surface area contributed by atoms with Crippen LogP contribution < -0.4 is 11.1 Å². The van der Waals surface area contributed by atoms with Gasteiger partial charge in [-0.25, -0.2) is 0 Å². The number of nitrogens with one attached hydrogen (secondary N) is 1. The number of hydrogen-bond acceptors (Lipinski definition) is 4. The smallest absolute Gasteiger partial charge is 0.305 e. The lowest BCUT2D eigenvalue weighted by Crippen LogP contribution is -2.44.